The average molecular weight is 280 g/mol. The molecule has 2 aliphatic heterocycles. The van der Waals surface area contributed by atoms with Gasteiger partial charge in [0.2, 0.25) is 0 Å². The van der Waals surface area contributed by atoms with Crippen LogP contribution < -0.4 is 10.1 Å². The Bertz CT molecular complexity index is 441. The van der Waals surface area contributed by atoms with E-state index < -0.39 is 0 Å². The van der Waals surface area contributed by atoms with E-state index in [0.29, 0.717) is 0 Å². The molecule has 0 radical (unpaired) electrons. The molecule has 2 aliphatic rings. The van der Waals surface area contributed by atoms with Crippen molar-refractivity contribution in [2.45, 2.75) is 38.5 Å². The molecule has 104 valence electrons. The maximum Gasteiger partial charge on any atom is 0.125 e. The molecule has 0 saturated carbocycles. The monoisotopic (exact) mass is 279 g/mol. The third-order valence-electron chi connectivity index (χ3n) is 4.26. The maximum atomic E-state index is 6.28. The first-order chi connectivity index (χ1) is 9.33. The molecule has 0 unspecified atom stereocenters. The van der Waals surface area contributed by atoms with E-state index in [2.05, 4.69) is 17.4 Å². The van der Waals surface area contributed by atoms with Crippen LogP contribution in [0.4, 0.5) is 0 Å². The van der Waals surface area contributed by atoms with E-state index in [4.69, 9.17) is 16.3 Å². The van der Waals surface area contributed by atoms with Gasteiger partial charge < -0.3 is 10.1 Å². The van der Waals surface area contributed by atoms with Gasteiger partial charge in [-0.25, -0.2) is 0 Å². The molecule has 2 nitrogen and oxygen atoms in total. The highest BCUT2D eigenvalue weighted by Crippen LogP contribution is 2.34. The van der Waals surface area contributed by atoms with E-state index >= 15 is 0 Å². The predicted molar refractivity (Wildman–Crippen MR) is 79.2 cm³/mol. The van der Waals surface area contributed by atoms with Gasteiger partial charge in [-0.3, -0.25) is 0 Å². The molecular formula is C16H22ClNO. The normalized spacial score (nSPS) is 20.5. The van der Waals surface area contributed by atoms with Crippen molar-refractivity contribution >= 4 is 11.6 Å². The minimum absolute atomic E-state index is 0.774. The molecule has 19 heavy (non-hydrogen) atoms. The van der Waals surface area contributed by atoms with Crippen LogP contribution in [0.2, 0.25) is 5.02 Å². The fourth-order valence-electron chi connectivity index (χ4n) is 3.22. The average Bonchev–Trinajstić information content (AvgIpc) is 2.65. The van der Waals surface area contributed by atoms with Gasteiger partial charge >= 0.3 is 0 Å². The van der Waals surface area contributed by atoms with Gasteiger partial charge in [-0.1, -0.05) is 11.6 Å². The van der Waals surface area contributed by atoms with Gasteiger partial charge in [-0.05, 0) is 80.8 Å². The van der Waals surface area contributed by atoms with Crippen molar-refractivity contribution < 1.29 is 4.74 Å². The third-order valence-corrected chi connectivity index (χ3v) is 4.48. The van der Waals surface area contributed by atoms with Gasteiger partial charge in [0.15, 0.2) is 0 Å². The largest absolute Gasteiger partial charge is 0.493 e. The second-order valence-electron chi connectivity index (χ2n) is 5.76. The van der Waals surface area contributed by atoms with Crippen LogP contribution in [0.3, 0.4) is 0 Å². The molecule has 0 bridgehead atoms. The molecular weight excluding hydrogens is 258 g/mol. The number of hydrogen-bond acceptors (Lipinski definition) is 2. The molecule has 3 heteroatoms. The van der Waals surface area contributed by atoms with E-state index in [1.54, 1.807) is 0 Å². The zero-order valence-corrected chi connectivity index (χ0v) is 12.1. The molecule has 0 amide bonds. The number of rotatable bonds is 2. The first-order valence-electron chi connectivity index (χ1n) is 7.48. The lowest BCUT2D eigenvalue weighted by Gasteiger charge is -2.24. The Labute approximate surface area is 120 Å². The topological polar surface area (TPSA) is 21.3 Å². The van der Waals surface area contributed by atoms with Gasteiger partial charge in [-0.15, -0.1) is 0 Å². The quantitative estimate of drug-likeness (QED) is 0.893. The fourth-order valence-corrected chi connectivity index (χ4v) is 3.49. The van der Waals surface area contributed by atoms with Gasteiger partial charge in [0, 0.05) is 5.02 Å². The zero-order valence-electron chi connectivity index (χ0n) is 11.4. The summed E-state index contributed by atoms with van der Waals surface area (Å²) in [6.07, 6.45) is 7.11. The number of benzene rings is 1. The second kappa shape index (κ2) is 6.15. The fraction of sp³-hybridized carbons (Fsp3) is 0.625. The third kappa shape index (κ3) is 3.24. The van der Waals surface area contributed by atoms with E-state index in [9.17, 15) is 0 Å². The van der Waals surface area contributed by atoms with Crippen LogP contribution >= 0.6 is 11.6 Å². The number of fused-ring (bicyclic) bond motifs is 1. The Kier molecular flexibility index (Phi) is 4.29. The molecule has 0 aromatic heterocycles. The smallest absolute Gasteiger partial charge is 0.125 e. The van der Waals surface area contributed by atoms with Crippen LogP contribution in [0.25, 0.3) is 0 Å². The molecule has 1 aromatic rings. The summed E-state index contributed by atoms with van der Waals surface area (Å²) in [4.78, 5) is 0. The summed E-state index contributed by atoms with van der Waals surface area (Å²) in [5, 5.41) is 4.30. The van der Waals surface area contributed by atoms with Crippen molar-refractivity contribution in [3.05, 3.63) is 28.3 Å². The Morgan fingerprint density at radius 1 is 1.21 bits per heavy atom. The van der Waals surface area contributed by atoms with Gasteiger partial charge in [-0.2, -0.15) is 0 Å². The predicted octanol–water partition coefficient (Wildman–Crippen LogP) is 3.60. The van der Waals surface area contributed by atoms with E-state index in [-0.39, 0.29) is 0 Å². The molecule has 3 rings (SSSR count). The van der Waals surface area contributed by atoms with Crippen molar-refractivity contribution in [1.29, 1.82) is 0 Å². The van der Waals surface area contributed by atoms with Crippen LogP contribution in [0, 0.1) is 5.92 Å². The van der Waals surface area contributed by atoms with Crippen LogP contribution in [0.1, 0.15) is 36.8 Å². The van der Waals surface area contributed by atoms with Crippen molar-refractivity contribution in [3.63, 3.8) is 0 Å². The number of hydrogen-bond donors (Lipinski definition) is 1. The summed E-state index contributed by atoms with van der Waals surface area (Å²) in [5.41, 5.74) is 2.64. The molecule has 0 atom stereocenters. The Balaban J connectivity index is 1.84. The first kappa shape index (κ1) is 13.3. The highest BCUT2D eigenvalue weighted by atomic mass is 35.5. The molecule has 2 heterocycles. The van der Waals surface area contributed by atoms with Crippen molar-refractivity contribution in [3.8, 4) is 5.75 Å². The van der Waals surface area contributed by atoms with Crippen LogP contribution in [0.15, 0.2) is 12.1 Å². The minimum Gasteiger partial charge on any atom is -0.493 e. The summed E-state index contributed by atoms with van der Waals surface area (Å²) >= 11 is 6.28. The van der Waals surface area contributed by atoms with Gasteiger partial charge in [0.25, 0.3) is 0 Å². The Morgan fingerprint density at radius 2 is 2.05 bits per heavy atom. The van der Waals surface area contributed by atoms with Crippen molar-refractivity contribution in [2.75, 3.05) is 19.7 Å². The second-order valence-corrected chi connectivity index (χ2v) is 6.19. The molecule has 0 aliphatic carbocycles. The van der Waals surface area contributed by atoms with Gasteiger partial charge in [0.05, 0.1) is 6.61 Å². The van der Waals surface area contributed by atoms with E-state index in [1.807, 2.05) is 0 Å². The summed E-state index contributed by atoms with van der Waals surface area (Å²) in [5.74, 6) is 1.91. The zero-order chi connectivity index (χ0) is 13.1. The van der Waals surface area contributed by atoms with Gasteiger partial charge in [0.1, 0.15) is 5.75 Å². The summed E-state index contributed by atoms with van der Waals surface area (Å²) in [6.45, 7) is 3.15. The number of ether oxygens (including phenoxy) is 1. The van der Waals surface area contributed by atoms with Crippen molar-refractivity contribution in [1.82, 2.24) is 5.32 Å². The summed E-state index contributed by atoms with van der Waals surface area (Å²) in [6, 6.07) is 4.21. The molecule has 1 saturated heterocycles. The molecule has 1 aromatic carbocycles. The highest BCUT2D eigenvalue weighted by Gasteiger charge is 2.19. The molecule has 0 spiro atoms. The van der Waals surface area contributed by atoms with E-state index in [0.717, 1.165) is 55.6 Å². The highest BCUT2D eigenvalue weighted by molar-refractivity contribution is 6.30. The number of aryl methyl sites for hydroxylation is 1. The van der Waals surface area contributed by atoms with Crippen LogP contribution in [-0.2, 0) is 12.8 Å². The molecule has 1 N–H and O–H groups in total. The van der Waals surface area contributed by atoms with Crippen LogP contribution in [0.5, 0.6) is 5.75 Å². The standard InChI is InChI=1S/C16H22ClNO/c17-15-10-13-3-1-2-8-19-16(13)14(11-15)9-12-4-6-18-7-5-12/h10-12,18H,1-9H2. The lowest BCUT2D eigenvalue weighted by atomic mass is 9.89. The molecule has 1 fully saturated rings. The lowest BCUT2D eigenvalue weighted by Crippen LogP contribution is -2.28. The van der Waals surface area contributed by atoms with Crippen molar-refractivity contribution in [2.24, 2.45) is 5.92 Å². The Morgan fingerprint density at radius 3 is 2.89 bits per heavy atom. The Hall–Kier alpha value is -0.730. The lowest BCUT2D eigenvalue weighted by molar-refractivity contribution is 0.308. The number of nitrogens with one attached hydrogen (secondary N) is 1. The SMILES string of the molecule is Clc1cc2c(c(CC3CCNCC3)c1)OCCCC2. The van der Waals surface area contributed by atoms with E-state index in [1.165, 1.54) is 30.4 Å². The van der Waals surface area contributed by atoms with Crippen LogP contribution in [-0.4, -0.2) is 19.7 Å². The summed E-state index contributed by atoms with van der Waals surface area (Å²) in [7, 11) is 0. The number of halogens is 1. The first-order valence-corrected chi connectivity index (χ1v) is 7.85. The summed E-state index contributed by atoms with van der Waals surface area (Å²) < 4.78 is 6.00. The number of piperidine rings is 1. The minimum atomic E-state index is 0.774. The maximum absolute atomic E-state index is 6.28.